The molecule has 0 spiro atoms. The van der Waals surface area contributed by atoms with Crippen LogP contribution in [-0.4, -0.2) is 32.1 Å². The van der Waals surface area contributed by atoms with Gasteiger partial charge in [0.05, 0.1) is 0 Å². The van der Waals surface area contributed by atoms with Crippen LogP contribution in [0.1, 0.15) is 38.8 Å². The van der Waals surface area contributed by atoms with Crippen molar-refractivity contribution in [1.82, 2.24) is 20.4 Å². The lowest BCUT2D eigenvalue weighted by Crippen LogP contribution is -2.34. The van der Waals surface area contributed by atoms with Crippen molar-refractivity contribution in [2.75, 3.05) is 21.4 Å². The number of hydrogen-bond acceptors (Lipinski definition) is 7. The van der Waals surface area contributed by atoms with Crippen LogP contribution in [-0.2, 0) is 0 Å². The molecule has 0 amide bonds. The Bertz CT molecular complexity index is 763. The third-order valence-corrected chi connectivity index (χ3v) is 3.73. The second-order valence-corrected chi connectivity index (χ2v) is 7.32. The molecule has 1 aromatic heterocycles. The number of aryl methyl sites for hydroxylation is 2. The minimum Gasteiger partial charge on any atom is -0.352 e. The fraction of sp³-hybridized carbons (Fsp3) is 0.444. The molecular weight excluding hydrogens is 360 g/mol. The third-order valence-electron chi connectivity index (χ3n) is 3.52. The van der Waals surface area contributed by atoms with Gasteiger partial charge in [-0.3, -0.25) is 10.9 Å². The Labute approximate surface area is 166 Å². The van der Waals surface area contributed by atoms with Crippen molar-refractivity contribution in [2.45, 2.75) is 53.6 Å². The number of hydrogen-bond donors (Lipinski definition) is 5. The Kier molecular flexibility index (Phi) is 7.12. The standard InChI is InChI=1S/C18H28N8S/c1-10(2)19-15-22-16(20-11(3)4)24-17(23-15)25-26-18(27)21-14-8-7-12(5)13(6)9-14/h7-11H,1-6H3,(H2,21,26,27)(H3,19,20,22,23,24,25). The van der Waals surface area contributed by atoms with Crippen LogP contribution in [0, 0.1) is 13.8 Å². The smallest absolute Gasteiger partial charge is 0.248 e. The number of anilines is 4. The summed E-state index contributed by atoms with van der Waals surface area (Å²) in [6.45, 7) is 12.2. The van der Waals surface area contributed by atoms with Crippen LogP contribution in [0.15, 0.2) is 18.2 Å². The van der Waals surface area contributed by atoms with E-state index in [4.69, 9.17) is 12.2 Å². The van der Waals surface area contributed by atoms with Crippen molar-refractivity contribution < 1.29 is 0 Å². The summed E-state index contributed by atoms with van der Waals surface area (Å²) in [4.78, 5) is 13.1. The highest BCUT2D eigenvalue weighted by Gasteiger charge is 2.09. The zero-order chi connectivity index (χ0) is 20.0. The first-order valence-corrected chi connectivity index (χ1v) is 9.33. The van der Waals surface area contributed by atoms with Gasteiger partial charge in [0.15, 0.2) is 5.11 Å². The Hall–Kier alpha value is -2.68. The van der Waals surface area contributed by atoms with Crippen LogP contribution in [0.25, 0.3) is 0 Å². The average Bonchev–Trinajstić information content (AvgIpc) is 2.55. The third kappa shape index (κ3) is 6.86. The van der Waals surface area contributed by atoms with E-state index < -0.39 is 0 Å². The van der Waals surface area contributed by atoms with Crippen molar-refractivity contribution in [3.63, 3.8) is 0 Å². The molecule has 0 saturated heterocycles. The van der Waals surface area contributed by atoms with Crippen molar-refractivity contribution in [3.05, 3.63) is 29.3 Å². The first-order chi connectivity index (χ1) is 12.7. The minimum absolute atomic E-state index is 0.202. The van der Waals surface area contributed by atoms with E-state index in [1.165, 1.54) is 11.1 Å². The number of nitrogens with zero attached hydrogens (tertiary/aromatic N) is 3. The summed E-state index contributed by atoms with van der Waals surface area (Å²) >= 11 is 5.33. The maximum Gasteiger partial charge on any atom is 0.248 e. The van der Waals surface area contributed by atoms with Crippen molar-refractivity contribution in [2.24, 2.45) is 0 Å². The Morgan fingerprint density at radius 2 is 1.41 bits per heavy atom. The predicted molar refractivity (Wildman–Crippen MR) is 116 cm³/mol. The van der Waals surface area contributed by atoms with Crippen LogP contribution >= 0.6 is 12.2 Å². The molecule has 0 aliphatic rings. The summed E-state index contributed by atoms with van der Waals surface area (Å²) in [6.07, 6.45) is 0. The molecule has 146 valence electrons. The molecule has 27 heavy (non-hydrogen) atoms. The van der Waals surface area contributed by atoms with Gasteiger partial charge in [-0.1, -0.05) is 6.07 Å². The van der Waals surface area contributed by atoms with E-state index >= 15 is 0 Å². The monoisotopic (exact) mass is 388 g/mol. The van der Waals surface area contributed by atoms with Crippen molar-refractivity contribution in [3.8, 4) is 0 Å². The maximum absolute atomic E-state index is 5.33. The molecule has 1 heterocycles. The van der Waals surface area contributed by atoms with Crippen LogP contribution < -0.4 is 26.8 Å². The molecule has 9 heteroatoms. The fourth-order valence-electron chi connectivity index (χ4n) is 2.17. The van der Waals surface area contributed by atoms with E-state index in [2.05, 4.69) is 55.6 Å². The zero-order valence-electron chi connectivity index (χ0n) is 16.6. The van der Waals surface area contributed by atoms with E-state index in [0.717, 1.165) is 5.69 Å². The molecule has 0 fully saturated rings. The molecule has 2 rings (SSSR count). The Morgan fingerprint density at radius 1 is 0.852 bits per heavy atom. The first-order valence-electron chi connectivity index (χ1n) is 8.92. The summed E-state index contributed by atoms with van der Waals surface area (Å²) in [5.41, 5.74) is 9.17. The van der Waals surface area contributed by atoms with Gasteiger partial charge in [0.25, 0.3) is 0 Å². The van der Waals surface area contributed by atoms with Gasteiger partial charge in [-0.15, -0.1) is 0 Å². The molecule has 0 aliphatic heterocycles. The van der Waals surface area contributed by atoms with Gasteiger partial charge in [-0.25, -0.2) is 0 Å². The number of nitrogens with one attached hydrogen (secondary N) is 5. The lowest BCUT2D eigenvalue weighted by Gasteiger charge is -2.15. The molecule has 0 atom stereocenters. The van der Waals surface area contributed by atoms with E-state index in [0.29, 0.717) is 23.0 Å². The van der Waals surface area contributed by atoms with E-state index in [1.807, 2.05) is 45.9 Å². The fourth-order valence-corrected chi connectivity index (χ4v) is 2.34. The van der Waals surface area contributed by atoms with Crippen LogP contribution in [0.3, 0.4) is 0 Å². The molecule has 2 aromatic rings. The molecule has 0 saturated carbocycles. The van der Waals surface area contributed by atoms with Gasteiger partial charge in [-0.2, -0.15) is 15.0 Å². The quantitative estimate of drug-likeness (QED) is 0.361. The van der Waals surface area contributed by atoms with Crippen LogP contribution in [0.4, 0.5) is 23.5 Å². The lowest BCUT2D eigenvalue weighted by molar-refractivity contribution is 0.842. The maximum atomic E-state index is 5.33. The highest BCUT2D eigenvalue weighted by molar-refractivity contribution is 7.80. The molecular formula is C18H28N8S. The van der Waals surface area contributed by atoms with E-state index in [-0.39, 0.29) is 12.1 Å². The van der Waals surface area contributed by atoms with Crippen LogP contribution in [0.2, 0.25) is 0 Å². The molecule has 1 aromatic carbocycles. The summed E-state index contributed by atoms with van der Waals surface area (Å²) in [5.74, 6) is 1.33. The van der Waals surface area contributed by atoms with Gasteiger partial charge in [0.2, 0.25) is 17.8 Å². The largest absolute Gasteiger partial charge is 0.352 e. The SMILES string of the molecule is Cc1ccc(NC(=S)NNc2nc(NC(C)C)nc(NC(C)C)n2)cc1C. The first kappa shape index (κ1) is 20.6. The van der Waals surface area contributed by atoms with Gasteiger partial charge in [-0.05, 0) is 77.0 Å². The molecule has 0 aliphatic carbocycles. The number of rotatable bonds is 7. The molecule has 0 bridgehead atoms. The number of thiocarbonyl (C=S) groups is 1. The van der Waals surface area contributed by atoms with Crippen LogP contribution in [0.5, 0.6) is 0 Å². The molecule has 0 unspecified atom stereocenters. The summed E-state index contributed by atoms with van der Waals surface area (Å²) in [6, 6.07) is 6.48. The Balaban J connectivity index is 2.04. The second-order valence-electron chi connectivity index (χ2n) is 6.91. The van der Waals surface area contributed by atoms with Gasteiger partial charge < -0.3 is 16.0 Å². The van der Waals surface area contributed by atoms with Crippen molar-refractivity contribution in [1.29, 1.82) is 0 Å². The molecule has 5 N–H and O–H groups in total. The van der Waals surface area contributed by atoms with E-state index in [1.54, 1.807) is 0 Å². The average molecular weight is 389 g/mol. The minimum atomic E-state index is 0.202. The van der Waals surface area contributed by atoms with Gasteiger partial charge >= 0.3 is 0 Å². The zero-order valence-corrected chi connectivity index (χ0v) is 17.5. The summed E-state index contributed by atoms with van der Waals surface area (Å²) < 4.78 is 0. The molecule has 0 radical (unpaired) electrons. The molecule has 8 nitrogen and oxygen atoms in total. The highest BCUT2D eigenvalue weighted by Crippen LogP contribution is 2.14. The van der Waals surface area contributed by atoms with Gasteiger partial charge in [0, 0.05) is 17.8 Å². The number of benzene rings is 1. The second kappa shape index (κ2) is 9.31. The predicted octanol–water partition coefficient (Wildman–Crippen LogP) is 3.44. The lowest BCUT2D eigenvalue weighted by atomic mass is 10.1. The number of hydrazine groups is 1. The van der Waals surface area contributed by atoms with Crippen molar-refractivity contribution >= 4 is 40.9 Å². The highest BCUT2D eigenvalue weighted by atomic mass is 32.1. The summed E-state index contributed by atoms with van der Waals surface area (Å²) in [5, 5.41) is 9.90. The summed E-state index contributed by atoms with van der Waals surface area (Å²) in [7, 11) is 0. The normalized spacial score (nSPS) is 10.7. The van der Waals surface area contributed by atoms with Gasteiger partial charge in [0.1, 0.15) is 0 Å². The number of aromatic nitrogens is 3. The topological polar surface area (TPSA) is 98.8 Å². The van der Waals surface area contributed by atoms with E-state index in [9.17, 15) is 0 Å². The Morgan fingerprint density at radius 3 is 1.93 bits per heavy atom.